The number of nitro benzene ring substituents is 1. The van der Waals surface area contributed by atoms with E-state index in [1.54, 1.807) is 16.8 Å². The molecule has 1 aromatic heterocycles. The first kappa shape index (κ1) is 12.6. The number of halogens is 1. The molecule has 0 fully saturated rings. The van der Waals surface area contributed by atoms with E-state index in [9.17, 15) is 14.9 Å². The summed E-state index contributed by atoms with van der Waals surface area (Å²) in [6.07, 6.45) is 2.39. The fourth-order valence-electron chi connectivity index (χ4n) is 1.93. The first-order chi connectivity index (χ1) is 8.56. The Morgan fingerprint density at radius 2 is 2.06 bits per heavy atom. The molecular formula is C12H11ClN2O3. The molecule has 1 heterocycles. The van der Waals surface area contributed by atoms with Crippen LogP contribution < -0.4 is 5.56 Å². The second kappa shape index (κ2) is 4.78. The highest BCUT2D eigenvalue weighted by Crippen LogP contribution is 2.31. The highest BCUT2D eigenvalue weighted by atomic mass is 35.5. The third kappa shape index (κ3) is 1.97. The summed E-state index contributed by atoms with van der Waals surface area (Å²) in [5.74, 6) is 0. The lowest BCUT2D eigenvalue weighted by molar-refractivity contribution is -0.382. The van der Waals surface area contributed by atoms with Crippen LogP contribution in [0.15, 0.2) is 29.2 Å². The number of nitrogens with zero attached hydrogens (tertiary/aromatic N) is 2. The standard InChI is InChI=1S/C12H11ClN2O3/c1-2-6-14-7-5-8-9(12(14)16)3-4-10(13)11(8)15(17)18/h3-5,7H,2,6H2,1H3. The number of pyridine rings is 1. The van der Waals surface area contributed by atoms with Crippen LogP contribution in [-0.4, -0.2) is 9.49 Å². The molecule has 0 amide bonds. The van der Waals surface area contributed by atoms with Gasteiger partial charge in [0.1, 0.15) is 5.02 Å². The molecule has 18 heavy (non-hydrogen) atoms. The molecule has 0 aliphatic heterocycles. The normalized spacial score (nSPS) is 10.8. The van der Waals surface area contributed by atoms with Gasteiger partial charge in [-0.3, -0.25) is 14.9 Å². The van der Waals surface area contributed by atoms with Gasteiger partial charge >= 0.3 is 0 Å². The van der Waals surface area contributed by atoms with E-state index in [2.05, 4.69) is 0 Å². The molecule has 0 aliphatic rings. The molecule has 5 nitrogen and oxygen atoms in total. The molecule has 0 radical (unpaired) electrons. The molecule has 2 aromatic rings. The van der Waals surface area contributed by atoms with Gasteiger partial charge in [0.05, 0.1) is 15.7 Å². The van der Waals surface area contributed by atoms with Crippen molar-refractivity contribution < 1.29 is 4.92 Å². The number of rotatable bonds is 3. The number of aryl methyl sites for hydroxylation is 1. The van der Waals surface area contributed by atoms with Crippen molar-refractivity contribution >= 4 is 28.1 Å². The van der Waals surface area contributed by atoms with Crippen molar-refractivity contribution in [2.24, 2.45) is 0 Å². The van der Waals surface area contributed by atoms with Crippen LogP contribution in [0, 0.1) is 10.1 Å². The monoisotopic (exact) mass is 266 g/mol. The molecule has 0 saturated heterocycles. The smallest absolute Gasteiger partial charge is 0.295 e. The van der Waals surface area contributed by atoms with Gasteiger partial charge in [0.15, 0.2) is 0 Å². The van der Waals surface area contributed by atoms with Crippen molar-refractivity contribution in [2.75, 3.05) is 0 Å². The molecule has 2 rings (SSSR count). The van der Waals surface area contributed by atoms with Gasteiger partial charge in [-0.2, -0.15) is 0 Å². The van der Waals surface area contributed by atoms with Gasteiger partial charge in [-0.15, -0.1) is 0 Å². The maximum absolute atomic E-state index is 12.1. The van der Waals surface area contributed by atoms with E-state index in [1.165, 1.54) is 12.1 Å². The summed E-state index contributed by atoms with van der Waals surface area (Å²) in [5.41, 5.74) is -0.441. The predicted octanol–water partition coefficient (Wildman–Crippen LogP) is 2.97. The SMILES string of the molecule is CCCn1ccc2c([N+](=O)[O-])c(Cl)ccc2c1=O. The number of nitro groups is 1. The molecule has 0 atom stereocenters. The fourth-order valence-corrected chi connectivity index (χ4v) is 2.16. The van der Waals surface area contributed by atoms with Crippen LogP contribution in [0.4, 0.5) is 5.69 Å². The highest BCUT2D eigenvalue weighted by Gasteiger charge is 2.18. The van der Waals surface area contributed by atoms with Gasteiger partial charge in [-0.1, -0.05) is 18.5 Å². The van der Waals surface area contributed by atoms with E-state index in [1.807, 2.05) is 6.92 Å². The summed E-state index contributed by atoms with van der Waals surface area (Å²) >= 11 is 5.80. The van der Waals surface area contributed by atoms with Crippen LogP contribution in [0.1, 0.15) is 13.3 Å². The van der Waals surface area contributed by atoms with Crippen molar-refractivity contribution in [1.82, 2.24) is 4.57 Å². The molecule has 0 saturated carbocycles. The zero-order valence-corrected chi connectivity index (χ0v) is 10.5. The quantitative estimate of drug-likeness (QED) is 0.634. The van der Waals surface area contributed by atoms with E-state index < -0.39 is 4.92 Å². The van der Waals surface area contributed by atoms with Crippen molar-refractivity contribution in [2.45, 2.75) is 19.9 Å². The number of hydrogen-bond donors (Lipinski definition) is 0. The average Bonchev–Trinajstić information content (AvgIpc) is 2.32. The van der Waals surface area contributed by atoms with Crippen LogP contribution >= 0.6 is 11.6 Å². The summed E-state index contributed by atoms with van der Waals surface area (Å²) in [6.45, 7) is 2.55. The van der Waals surface area contributed by atoms with E-state index in [0.29, 0.717) is 11.9 Å². The Balaban J connectivity index is 2.82. The number of benzene rings is 1. The Kier molecular flexibility index (Phi) is 3.34. The summed E-state index contributed by atoms with van der Waals surface area (Å²) < 4.78 is 1.54. The minimum atomic E-state index is -0.561. The Labute approximate surface area is 108 Å². The Morgan fingerprint density at radius 1 is 1.33 bits per heavy atom. The van der Waals surface area contributed by atoms with Crippen molar-refractivity contribution in [1.29, 1.82) is 0 Å². The number of hydrogen-bond acceptors (Lipinski definition) is 3. The summed E-state index contributed by atoms with van der Waals surface area (Å²) in [6, 6.07) is 4.48. The van der Waals surface area contributed by atoms with E-state index in [0.717, 1.165) is 6.42 Å². The largest absolute Gasteiger partial charge is 0.315 e. The lowest BCUT2D eigenvalue weighted by Gasteiger charge is -2.06. The van der Waals surface area contributed by atoms with Crippen LogP contribution in [-0.2, 0) is 6.54 Å². The minimum Gasteiger partial charge on any atom is -0.315 e. The third-order valence-electron chi connectivity index (χ3n) is 2.73. The van der Waals surface area contributed by atoms with Gasteiger partial charge in [0, 0.05) is 12.7 Å². The third-order valence-corrected chi connectivity index (χ3v) is 3.03. The van der Waals surface area contributed by atoms with E-state index >= 15 is 0 Å². The molecule has 94 valence electrons. The van der Waals surface area contributed by atoms with Crippen LogP contribution in [0.3, 0.4) is 0 Å². The van der Waals surface area contributed by atoms with Crippen molar-refractivity contribution in [3.8, 4) is 0 Å². The summed E-state index contributed by atoms with van der Waals surface area (Å²) in [7, 11) is 0. The predicted molar refractivity (Wildman–Crippen MR) is 70.2 cm³/mol. The van der Waals surface area contributed by atoms with Gasteiger partial charge in [0.25, 0.3) is 11.2 Å². The lowest BCUT2D eigenvalue weighted by Crippen LogP contribution is -2.19. The summed E-state index contributed by atoms with van der Waals surface area (Å²) in [4.78, 5) is 22.5. The van der Waals surface area contributed by atoms with Crippen molar-refractivity contribution in [3.05, 3.63) is 49.9 Å². The molecule has 0 spiro atoms. The van der Waals surface area contributed by atoms with Gasteiger partial charge in [-0.25, -0.2) is 0 Å². The first-order valence-electron chi connectivity index (χ1n) is 5.52. The molecule has 1 aromatic carbocycles. The van der Waals surface area contributed by atoms with Gasteiger partial charge in [0.2, 0.25) is 0 Å². The molecule has 0 N–H and O–H groups in total. The molecule has 6 heteroatoms. The van der Waals surface area contributed by atoms with Gasteiger partial charge in [-0.05, 0) is 24.6 Å². The second-order valence-electron chi connectivity index (χ2n) is 3.93. The second-order valence-corrected chi connectivity index (χ2v) is 4.34. The van der Waals surface area contributed by atoms with E-state index in [4.69, 9.17) is 11.6 Å². The summed E-state index contributed by atoms with van der Waals surface area (Å²) in [5, 5.41) is 11.6. The fraction of sp³-hybridized carbons (Fsp3) is 0.250. The minimum absolute atomic E-state index is 0.0418. The van der Waals surface area contributed by atoms with Gasteiger partial charge < -0.3 is 4.57 Å². The Morgan fingerprint density at radius 3 is 2.67 bits per heavy atom. The maximum atomic E-state index is 12.1. The zero-order valence-electron chi connectivity index (χ0n) is 9.72. The van der Waals surface area contributed by atoms with Crippen molar-refractivity contribution in [3.63, 3.8) is 0 Å². The zero-order chi connectivity index (χ0) is 13.3. The van der Waals surface area contributed by atoms with E-state index in [-0.39, 0.29) is 21.7 Å². The van der Waals surface area contributed by atoms with Crippen LogP contribution in [0.25, 0.3) is 10.8 Å². The highest BCUT2D eigenvalue weighted by molar-refractivity contribution is 6.34. The molecule has 0 bridgehead atoms. The Bertz CT molecular complexity index is 679. The maximum Gasteiger partial charge on any atom is 0.295 e. The molecule has 0 aliphatic carbocycles. The molecule has 0 unspecified atom stereocenters. The molecular weight excluding hydrogens is 256 g/mol. The van der Waals surface area contributed by atoms with Crippen LogP contribution in [0.2, 0.25) is 5.02 Å². The van der Waals surface area contributed by atoms with Crippen LogP contribution in [0.5, 0.6) is 0 Å². The number of fused-ring (bicyclic) bond motifs is 1. The topological polar surface area (TPSA) is 65.1 Å². The number of aromatic nitrogens is 1. The lowest BCUT2D eigenvalue weighted by atomic mass is 10.1. The Hall–Kier alpha value is -1.88. The average molecular weight is 267 g/mol. The first-order valence-corrected chi connectivity index (χ1v) is 5.90.